The highest BCUT2D eigenvalue weighted by Crippen LogP contribution is 2.25. The molecule has 0 aliphatic carbocycles. The van der Waals surface area contributed by atoms with Gasteiger partial charge in [-0.3, -0.25) is 15.6 Å². The molecule has 110 valence electrons. The predicted octanol–water partition coefficient (Wildman–Crippen LogP) is 1.82. The molecular weight excluding hydrogens is 286 g/mol. The highest BCUT2D eigenvalue weighted by molar-refractivity contribution is 7.80. The SMILES string of the molecule is COc1ccc2cc(C(C)C(=O)NNC(N)=S)ccc2c1. The quantitative estimate of drug-likeness (QED) is 0.595. The first-order valence-electron chi connectivity index (χ1n) is 6.44. The summed E-state index contributed by atoms with van der Waals surface area (Å²) in [5.74, 6) is 0.288. The average Bonchev–Trinajstić information content (AvgIpc) is 2.50. The Labute approximate surface area is 128 Å². The monoisotopic (exact) mass is 303 g/mol. The molecule has 5 nitrogen and oxygen atoms in total. The van der Waals surface area contributed by atoms with Crippen LogP contribution < -0.4 is 21.3 Å². The number of nitrogens with one attached hydrogen (secondary N) is 2. The molecule has 0 spiro atoms. The van der Waals surface area contributed by atoms with Gasteiger partial charge in [-0.05, 0) is 47.6 Å². The normalized spacial score (nSPS) is 11.7. The minimum Gasteiger partial charge on any atom is -0.497 e. The number of carbonyl (C=O) groups is 1. The molecule has 1 unspecified atom stereocenters. The molecule has 0 fully saturated rings. The number of carbonyl (C=O) groups excluding carboxylic acids is 1. The fourth-order valence-electron chi connectivity index (χ4n) is 2.02. The number of thiocarbonyl (C=S) groups is 1. The standard InChI is InChI=1S/C15H17N3O2S/c1-9(14(19)17-18-15(16)21)10-3-4-12-8-13(20-2)6-5-11(12)7-10/h3-9H,1-2H3,(H,17,19)(H3,16,18,21). The molecular formula is C15H17N3O2S. The van der Waals surface area contributed by atoms with E-state index >= 15 is 0 Å². The maximum Gasteiger partial charge on any atom is 0.245 e. The maximum atomic E-state index is 12.0. The largest absolute Gasteiger partial charge is 0.497 e. The van der Waals surface area contributed by atoms with E-state index in [-0.39, 0.29) is 16.9 Å². The Morgan fingerprint density at radius 3 is 2.52 bits per heavy atom. The molecule has 2 aromatic carbocycles. The van der Waals surface area contributed by atoms with Crippen molar-refractivity contribution < 1.29 is 9.53 Å². The topological polar surface area (TPSA) is 76.4 Å². The second kappa shape index (κ2) is 6.41. The average molecular weight is 303 g/mol. The van der Waals surface area contributed by atoms with Crippen molar-refractivity contribution >= 4 is 34.0 Å². The summed E-state index contributed by atoms with van der Waals surface area (Å²) >= 11 is 4.64. The molecule has 0 bridgehead atoms. The van der Waals surface area contributed by atoms with E-state index in [0.29, 0.717) is 0 Å². The van der Waals surface area contributed by atoms with Gasteiger partial charge in [-0.1, -0.05) is 24.3 Å². The molecule has 0 aliphatic heterocycles. The van der Waals surface area contributed by atoms with Gasteiger partial charge in [0.05, 0.1) is 13.0 Å². The van der Waals surface area contributed by atoms with Crippen molar-refractivity contribution in [3.63, 3.8) is 0 Å². The molecule has 0 aliphatic rings. The Kier molecular flexibility index (Phi) is 4.59. The first-order valence-corrected chi connectivity index (χ1v) is 6.85. The fraction of sp³-hybridized carbons (Fsp3) is 0.200. The molecule has 0 heterocycles. The number of hydrogen-bond donors (Lipinski definition) is 3. The first-order chi connectivity index (χ1) is 10.0. The van der Waals surface area contributed by atoms with E-state index in [9.17, 15) is 4.79 Å². The minimum atomic E-state index is -0.321. The highest BCUT2D eigenvalue weighted by atomic mass is 32.1. The van der Waals surface area contributed by atoms with E-state index in [0.717, 1.165) is 22.1 Å². The van der Waals surface area contributed by atoms with Gasteiger partial charge in [0.15, 0.2) is 5.11 Å². The van der Waals surface area contributed by atoms with Crippen LogP contribution in [0.3, 0.4) is 0 Å². The third-order valence-electron chi connectivity index (χ3n) is 3.27. The molecule has 4 N–H and O–H groups in total. The zero-order valence-corrected chi connectivity index (χ0v) is 12.7. The number of fused-ring (bicyclic) bond motifs is 1. The van der Waals surface area contributed by atoms with E-state index in [1.165, 1.54) is 0 Å². The van der Waals surface area contributed by atoms with E-state index < -0.39 is 0 Å². The number of ether oxygens (including phenoxy) is 1. The van der Waals surface area contributed by atoms with Gasteiger partial charge in [-0.15, -0.1) is 0 Å². The lowest BCUT2D eigenvalue weighted by atomic mass is 9.97. The zero-order chi connectivity index (χ0) is 15.4. The summed E-state index contributed by atoms with van der Waals surface area (Å²) < 4.78 is 5.20. The summed E-state index contributed by atoms with van der Waals surface area (Å²) in [7, 11) is 1.64. The van der Waals surface area contributed by atoms with E-state index in [1.807, 2.05) is 43.3 Å². The Morgan fingerprint density at radius 2 is 1.86 bits per heavy atom. The Bertz CT molecular complexity index is 688. The van der Waals surface area contributed by atoms with Gasteiger partial charge in [0.25, 0.3) is 0 Å². The van der Waals surface area contributed by atoms with Crippen molar-refractivity contribution in [2.75, 3.05) is 7.11 Å². The van der Waals surface area contributed by atoms with Crippen LogP contribution in [-0.2, 0) is 4.79 Å². The molecule has 2 rings (SSSR count). The van der Waals surface area contributed by atoms with Crippen LogP contribution in [0, 0.1) is 0 Å². The van der Waals surface area contributed by atoms with Gasteiger partial charge in [0.2, 0.25) is 5.91 Å². The van der Waals surface area contributed by atoms with Gasteiger partial charge in [-0.2, -0.15) is 0 Å². The smallest absolute Gasteiger partial charge is 0.245 e. The van der Waals surface area contributed by atoms with Crippen molar-refractivity contribution in [2.24, 2.45) is 5.73 Å². The fourth-order valence-corrected chi connectivity index (χ4v) is 2.07. The van der Waals surface area contributed by atoms with Gasteiger partial charge in [-0.25, -0.2) is 0 Å². The van der Waals surface area contributed by atoms with Crippen LogP contribution in [-0.4, -0.2) is 18.1 Å². The summed E-state index contributed by atoms with van der Waals surface area (Å²) in [5, 5.41) is 2.14. The lowest BCUT2D eigenvalue weighted by Gasteiger charge is -2.14. The molecule has 6 heteroatoms. The van der Waals surface area contributed by atoms with Crippen LogP contribution in [0.2, 0.25) is 0 Å². The lowest BCUT2D eigenvalue weighted by Crippen LogP contribution is -2.45. The van der Waals surface area contributed by atoms with Gasteiger partial charge >= 0.3 is 0 Å². The number of hydrogen-bond acceptors (Lipinski definition) is 3. The Balaban J connectivity index is 2.21. The summed E-state index contributed by atoms with van der Waals surface area (Å²) in [6, 6.07) is 11.7. The third kappa shape index (κ3) is 3.61. The van der Waals surface area contributed by atoms with E-state index in [4.69, 9.17) is 10.5 Å². The van der Waals surface area contributed by atoms with Crippen LogP contribution in [0.15, 0.2) is 36.4 Å². The Morgan fingerprint density at radius 1 is 1.19 bits per heavy atom. The Hall–Kier alpha value is -2.34. The predicted molar refractivity (Wildman–Crippen MR) is 87.0 cm³/mol. The first kappa shape index (κ1) is 15.1. The van der Waals surface area contributed by atoms with Crippen molar-refractivity contribution in [1.82, 2.24) is 10.9 Å². The van der Waals surface area contributed by atoms with Crippen molar-refractivity contribution in [3.8, 4) is 5.75 Å². The van der Waals surface area contributed by atoms with Crippen molar-refractivity contribution in [3.05, 3.63) is 42.0 Å². The second-order valence-corrected chi connectivity index (χ2v) is 5.11. The molecule has 0 radical (unpaired) electrons. The van der Waals surface area contributed by atoms with E-state index in [2.05, 4.69) is 23.1 Å². The van der Waals surface area contributed by atoms with Crippen LogP contribution in [0.1, 0.15) is 18.4 Å². The number of nitrogens with two attached hydrogens (primary N) is 1. The molecule has 21 heavy (non-hydrogen) atoms. The van der Waals surface area contributed by atoms with Gasteiger partial charge in [0, 0.05) is 0 Å². The molecule has 2 aromatic rings. The van der Waals surface area contributed by atoms with Crippen LogP contribution in [0.5, 0.6) is 5.75 Å². The third-order valence-corrected chi connectivity index (χ3v) is 3.38. The van der Waals surface area contributed by atoms with Gasteiger partial charge in [0.1, 0.15) is 5.75 Å². The van der Waals surface area contributed by atoms with Crippen LogP contribution >= 0.6 is 12.2 Å². The summed E-state index contributed by atoms with van der Waals surface area (Å²) in [5.41, 5.74) is 11.1. The number of amides is 1. The summed E-state index contributed by atoms with van der Waals surface area (Å²) in [6.07, 6.45) is 0. The van der Waals surface area contributed by atoms with Crippen molar-refractivity contribution in [1.29, 1.82) is 0 Å². The summed E-state index contributed by atoms with van der Waals surface area (Å²) in [6.45, 7) is 1.82. The van der Waals surface area contributed by atoms with E-state index in [1.54, 1.807) is 7.11 Å². The van der Waals surface area contributed by atoms with Crippen molar-refractivity contribution in [2.45, 2.75) is 12.8 Å². The molecule has 1 amide bonds. The molecule has 0 aromatic heterocycles. The number of rotatable bonds is 3. The second-order valence-electron chi connectivity index (χ2n) is 4.67. The lowest BCUT2D eigenvalue weighted by molar-refractivity contribution is -0.122. The van der Waals surface area contributed by atoms with Crippen LogP contribution in [0.25, 0.3) is 10.8 Å². The number of benzene rings is 2. The number of hydrazine groups is 1. The highest BCUT2D eigenvalue weighted by Gasteiger charge is 2.15. The van der Waals surface area contributed by atoms with Gasteiger partial charge < -0.3 is 10.5 Å². The molecule has 0 saturated heterocycles. The zero-order valence-electron chi connectivity index (χ0n) is 11.8. The van der Waals surface area contributed by atoms with Crippen LogP contribution in [0.4, 0.5) is 0 Å². The molecule has 0 saturated carbocycles. The summed E-state index contributed by atoms with van der Waals surface area (Å²) in [4.78, 5) is 12.0. The maximum absolute atomic E-state index is 12.0. The molecule has 1 atom stereocenters. The number of methoxy groups -OCH3 is 1. The minimum absolute atomic E-state index is 0.0288.